The Balaban J connectivity index is 4.11. The van der Waals surface area contributed by atoms with Crippen molar-refractivity contribution in [3.8, 4) is 0 Å². The van der Waals surface area contributed by atoms with Crippen LogP contribution in [0.1, 0.15) is 13.8 Å². The molecule has 0 aliphatic rings. The fourth-order valence-electron chi connectivity index (χ4n) is 0.424. The molecule has 0 unspecified atom stereocenters. The molecule has 0 heterocycles. The highest BCUT2D eigenvalue weighted by Gasteiger charge is 2.20. The summed E-state index contributed by atoms with van der Waals surface area (Å²) in [4.78, 5) is 0. The molecule has 0 radical (unpaired) electrons. The molecule has 0 aliphatic heterocycles. The Morgan fingerprint density at radius 2 is 1.89 bits per heavy atom. The molecular formula is C8H14O. The molecule has 1 nitrogen and oxygen atoms in total. The Hall–Kier alpha value is -0.560. The summed E-state index contributed by atoms with van der Waals surface area (Å²) in [6.45, 7) is 10.9. The Labute approximate surface area is 56.7 Å². The lowest BCUT2D eigenvalue weighted by Gasteiger charge is -2.23. The molecule has 0 bridgehead atoms. The van der Waals surface area contributed by atoms with Gasteiger partial charge in [0.1, 0.15) is 0 Å². The van der Waals surface area contributed by atoms with Gasteiger partial charge in [-0.05, 0) is 0 Å². The molecule has 52 valence electrons. The fourth-order valence-corrected chi connectivity index (χ4v) is 0.424. The van der Waals surface area contributed by atoms with Crippen molar-refractivity contribution in [1.82, 2.24) is 0 Å². The minimum absolute atomic E-state index is 0.248. The summed E-state index contributed by atoms with van der Waals surface area (Å²) in [5, 5.41) is 9.20. The van der Waals surface area contributed by atoms with E-state index in [1.807, 2.05) is 13.8 Å². The molecule has 0 aromatic heterocycles. The van der Waals surface area contributed by atoms with Crippen LogP contribution < -0.4 is 0 Å². The fraction of sp³-hybridized carbons (Fsp3) is 0.500. The van der Waals surface area contributed by atoms with Crippen molar-refractivity contribution in [2.45, 2.75) is 20.0 Å². The van der Waals surface area contributed by atoms with Crippen LogP contribution in [0, 0.1) is 5.41 Å². The van der Waals surface area contributed by atoms with E-state index in [2.05, 4.69) is 13.2 Å². The van der Waals surface area contributed by atoms with E-state index in [1.165, 1.54) is 6.08 Å². The van der Waals surface area contributed by atoms with Crippen LogP contribution in [0.15, 0.2) is 25.3 Å². The molecule has 1 N–H and O–H groups in total. The maximum atomic E-state index is 9.20. The molecule has 0 rings (SSSR count). The van der Waals surface area contributed by atoms with E-state index < -0.39 is 6.10 Å². The smallest absolute Gasteiger partial charge is 0.0803 e. The van der Waals surface area contributed by atoms with Gasteiger partial charge in [-0.1, -0.05) is 26.0 Å². The summed E-state index contributed by atoms with van der Waals surface area (Å²) in [5.74, 6) is 0. The second-order valence-corrected chi connectivity index (χ2v) is 2.71. The largest absolute Gasteiger partial charge is 0.388 e. The minimum Gasteiger partial charge on any atom is -0.388 e. The zero-order chi connectivity index (χ0) is 7.49. The van der Waals surface area contributed by atoms with E-state index in [4.69, 9.17) is 0 Å². The summed E-state index contributed by atoms with van der Waals surface area (Å²) in [7, 11) is 0. The van der Waals surface area contributed by atoms with Crippen molar-refractivity contribution in [1.29, 1.82) is 0 Å². The van der Waals surface area contributed by atoms with Crippen molar-refractivity contribution in [2.24, 2.45) is 5.41 Å². The normalized spacial score (nSPS) is 14.6. The van der Waals surface area contributed by atoms with Gasteiger partial charge in [-0.3, -0.25) is 0 Å². The first-order valence-electron chi connectivity index (χ1n) is 2.99. The van der Waals surface area contributed by atoms with Gasteiger partial charge in [0.2, 0.25) is 0 Å². The second-order valence-electron chi connectivity index (χ2n) is 2.71. The maximum Gasteiger partial charge on any atom is 0.0803 e. The van der Waals surface area contributed by atoms with Gasteiger partial charge in [-0.15, -0.1) is 13.2 Å². The van der Waals surface area contributed by atoms with Crippen molar-refractivity contribution >= 4 is 0 Å². The Morgan fingerprint density at radius 3 is 2.00 bits per heavy atom. The molecule has 0 saturated heterocycles. The van der Waals surface area contributed by atoms with Crippen molar-refractivity contribution in [3.05, 3.63) is 25.3 Å². The molecule has 0 spiro atoms. The van der Waals surface area contributed by atoms with Gasteiger partial charge in [0.25, 0.3) is 0 Å². The zero-order valence-electron chi connectivity index (χ0n) is 6.09. The van der Waals surface area contributed by atoms with Crippen LogP contribution in [0.25, 0.3) is 0 Å². The van der Waals surface area contributed by atoms with Gasteiger partial charge < -0.3 is 5.11 Å². The van der Waals surface area contributed by atoms with E-state index in [9.17, 15) is 5.11 Å². The monoisotopic (exact) mass is 126 g/mol. The molecule has 0 fully saturated rings. The first kappa shape index (κ1) is 8.44. The Kier molecular flexibility index (Phi) is 2.65. The van der Waals surface area contributed by atoms with Crippen LogP contribution in [-0.2, 0) is 0 Å². The number of aliphatic hydroxyl groups excluding tert-OH is 1. The summed E-state index contributed by atoms with van der Waals surface area (Å²) in [6.07, 6.45) is 2.75. The molecule has 0 saturated carbocycles. The third-order valence-corrected chi connectivity index (χ3v) is 1.51. The van der Waals surface area contributed by atoms with E-state index in [0.717, 1.165) is 0 Å². The quantitative estimate of drug-likeness (QED) is 0.571. The third-order valence-electron chi connectivity index (χ3n) is 1.51. The minimum atomic E-state index is -0.491. The summed E-state index contributed by atoms with van der Waals surface area (Å²) < 4.78 is 0. The highest BCUT2D eigenvalue weighted by molar-refractivity contribution is 4.99. The van der Waals surface area contributed by atoms with Gasteiger partial charge in [0, 0.05) is 5.41 Å². The first-order chi connectivity index (χ1) is 4.04. The number of hydrogen-bond donors (Lipinski definition) is 1. The summed E-state index contributed by atoms with van der Waals surface area (Å²) in [6, 6.07) is 0. The van der Waals surface area contributed by atoms with Crippen LogP contribution in [0.3, 0.4) is 0 Å². The Morgan fingerprint density at radius 1 is 1.44 bits per heavy atom. The van der Waals surface area contributed by atoms with Crippen LogP contribution in [-0.4, -0.2) is 11.2 Å². The molecule has 1 atom stereocenters. The Bertz CT molecular complexity index is 114. The first-order valence-corrected chi connectivity index (χ1v) is 2.99. The average molecular weight is 126 g/mol. The van der Waals surface area contributed by atoms with Gasteiger partial charge in [-0.25, -0.2) is 0 Å². The number of rotatable bonds is 3. The van der Waals surface area contributed by atoms with Crippen molar-refractivity contribution in [3.63, 3.8) is 0 Å². The predicted octanol–water partition coefficient (Wildman–Crippen LogP) is 1.75. The molecule has 0 aromatic rings. The van der Waals surface area contributed by atoms with Crippen LogP contribution >= 0.6 is 0 Å². The van der Waals surface area contributed by atoms with E-state index in [0.29, 0.717) is 0 Å². The topological polar surface area (TPSA) is 20.2 Å². The van der Waals surface area contributed by atoms with Crippen LogP contribution in [0.4, 0.5) is 0 Å². The molecule has 9 heavy (non-hydrogen) atoms. The third kappa shape index (κ3) is 2.02. The highest BCUT2D eigenvalue weighted by Crippen LogP contribution is 2.21. The van der Waals surface area contributed by atoms with Crippen LogP contribution in [0.5, 0.6) is 0 Å². The maximum absolute atomic E-state index is 9.20. The van der Waals surface area contributed by atoms with Gasteiger partial charge >= 0.3 is 0 Å². The average Bonchev–Trinajstić information content (AvgIpc) is 1.86. The molecule has 0 aromatic carbocycles. The SMILES string of the molecule is C=C[C@@H](O)C(C)(C)C=C. The molecule has 0 amide bonds. The lowest BCUT2D eigenvalue weighted by atomic mass is 9.87. The standard InChI is InChI=1S/C8H14O/c1-5-7(9)8(3,4)6-2/h5-7,9H,1-2H2,3-4H3/t7-/m1/s1. The van der Waals surface area contributed by atoms with E-state index in [-0.39, 0.29) is 5.41 Å². The van der Waals surface area contributed by atoms with Crippen molar-refractivity contribution < 1.29 is 5.11 Å². The van der Waals surface area contributed by atoms with E-state index in [1.54, 1.807) is 6.08 Å². The predicted molar refractivity (Wildman–Crippen MR) is 40.2 cm³/mol. The van der Waals surface area contributed by atoms with Crippen LogP contribution in [0.2, 0.25) is 0 Å². The van der Waals surface area contributed by atoms with Crippen molar-refractivity contribution in [2.75, 3.05) is 0 Å². The lowest BCUT2D eigenvalue weighted by molar-refractivity contribution is 0.126. The van der Waals surface area contributed by atoms with E-state index >= 15 is 0 Å². The number of aliphatic hydroxyl groups is 1. The highest BCUT2D eigenvalue weighted by atomic mass is 16.3. The van der Waals surface area contributed by atoms with Gasteiger partial charge in [-0.2, -0.15) is 0 Å². The lowest BCUT2D eigenvalue weighted by Crippen LogP contribution is -2.24. The zero-order valence-corrected chi connectivity index (χ0v) is 6.09. The number of hydrogen-bond acceptors (Lipinski definition) is 1. The van der Waals surface area contributed by atoms with Gasteiger partial charge in [0.05, 0.1) is 6.10 Å². The second kappa shape index (κ2) is 2.83. The summed E-state index contributed by atoms with van der Waals surface area (Å²) >= 11 is 0. The molecule has 0 aliphatic carbocycles. The molecular weight excluding hydrogens is 112 g/mol. The molecule has 1 heteroatoms. The van der Waals surface area contributed by atoms with Gasteiger partial charge in [0.15, 0.2) is 0 Å². The summed E-state index contributed by atoms with van der Waals surface area (Å²) in [5.41, 5.74) is -0.248.